The van der Waals surface area contributed by atoms with Crippen LogP contribution in [0.25, 0.3) is 0 Å². The first-order valence-corrected chi connectivity index (χ1v) is 10.5. The molecule has 8 nitrogen and oxygen atoms in total. The standard InChI is InChI=1S/C22H28N4O4/c1-29-19-4-2-16(3-5-19)14-21(27)25-11-7-18(8-12-25)26-20(6-10-23-26)24-22(28)17-9-13-30-15-17/h2-6,10,17-18H,7-9,11-15H2,1H3,(H,24,28)/t17-/m1/s1. The van der Waals surface area contributed by atoms with Gasteiger partial charge in [-0.25, -0.2) is 4.68 Å². The van der Waals surface area contributed by atoms with Gasteiger partial charge in [-0.3, -0.25) is 9.59 Å². The van der Waals surface area contributed by atoms with Gasteiger partial charge in [0.1, 0.15) is 11.6 Å². The number of likely N-dealkylation sites (tertiary alicyclic amines) is 1. The van der Waals surface area contributed by atoms with Gasteiger partial charge in [0.2, 0.25) is 11.8 Å². The van der Waals surface area contributed by atoms with Gasteiger partial charge in [-0.1, -0.05) is 12.1 Å². The quantitative estimate of drug-likeness (QED) is 0.787. The molecule has 2 aromatic rings. The van der Waals surface area contributed by atoms with Crippen LogP contribution in [-0.4, -0.2) is 59.9 Å². The van der Waals surface area contributed by atoms with Crippen molar-refractivity contribution in [1.29, 1.82) is 0 Å². The smallest absolute Gasteiger partial charge is 0.231 e. The second-order valence-corrected chi connectivity index (χ2v) is 7.85. The number of nitrogens with zero attached hydrogens (tertiary/aromatic N) is 3. The predicted octanol–water partition coefficient (Wildman–Crippen LogP) is 2.27. The van der Waals surface area contributed by atoms with Crippen LogP contribution in [-0.2, 0) is 20.7 Å². The van der Waals surface area contributed by atoms with Crippen LogP contribution in [0.5, 0.6) is 5.75 Å². The molecule has 8 heteroatoms. The molecule has 2 amide bonds. The number of carbonyl (C=O) groups excluding carboxylic acids is 2. The summed E-state index contributed by atoms with van der Waals surface area (Å²) in [6.07, 6.45) is 4.48. The molecule has 160 valence electrons. The number of carbonyl (C=O) groups is 2. The first-order chi connectivity index (χ1) is 14.6. The lowest BCUT2D eigenvalue weighted by atomic mass is 10.0. The summed E-state index contributed by atoms with van der Waals surface area (Å²) in [7, 11) is 1.63. The number of amides is 2. The van der Waals surface area contributed by atoms with Crippen LogP contribution in [0.3, 0.4) is 0 Å². The summed E-state index contributed by atoms with van der Waals surface area (Å²) >= 11 is 0. The van der Waals surface area contributed by atoms with E-state index in [0.29, 0.717) is 32.7 Å². The van der Waals surface area contributed by atoms with Crippen molar-refractivity contribution in [3.05, 3.63) is 42.1 Å². The molecule has 1 aromatic carbocycles. The second-order valence-electron chi connectivity index (χ2n) is 7.85. The highest BCUT2D eigenvalue weighted by molar-refractivity contribution is 5.92. The van der Waals surface area contributed by atoms with Crippen LogP contribution in [0.15, 0.2) is 36.5 Å². The van der Waals surface area contributed by atoms with Gasteiger partial charge in [0.15, 0.2) is 0 Å². The Morgan fingerprint density at radius 3 is 2.60 bits per heavy atom. The summed E-state index contributed by atoms with van der Waals surface area (Å²) in [5, 5.41) is 7.43. The highest BCUT2D eigenvalue weighted by Crippen LogP contribution is 2.26. The minimum absolute atomic E-state index is 0.0126. The number of aromatic nitrogens is 2. The van der Waals surface area contributed by atoms with Gasteiger partial charge in [-0.15, -0.1) is 0 Å². The minimum atomic E-state index is -0.0919. The van der Waals surface area contributed by atoms with E-state index >= 15 is 0 Å². The topological polar surface area (TPSA) is 85.7 Å². The van der Waals surface area contributed by atoms with Gasteiger partial charge < -0.3 is 19.7 Å². The number of hydrogen-bond donors (Lipinski definition) is 1. The maximum absolute atomic E-state index is 12.7. The lowest BCUT2D eigenvalue weighted by Gasteiger charge is -2.33. The highest BCUT2D eigenvalue weighted by atomic mass is 16.5. The van der Waals surface area contributed by atoms with E-state index in [0.717, 1.165) is 36.4 Å². The zero-order valence-electron chi connectivity index (χ0n) is 17.3. The summed E-state index contributed by atoms with van der Waals surface area (Å²) in [6, 6.07) is 9.60. The molecule has 0 unspecified atom stereocenters. The van der Waals surface area contributed by atoms with Crippen molar-refractivity contribution in [1.82, 2.24) is 14.7 Å². The number of nitrogens with one attached hydrogen (secondary N) is 1. The predicted molar refractivity (Wildman–Crippen MR) is 111 cm³/mol. The molecule has 3 heterocycles. The van der Waals surface area contributed by atoms with Crippen molar-refractivity contribution >= 4 is 17.6 Å². The molecule has 2 saturated heterocycles. The van der Waals surface area contributed by atoms with Crippen LogP contribution in [0, 0.1) is 5.92 Å². The molecule has 0 radical (unpaired) electrons. The Kier molecular flexibility index (Phi) is 6.32. The fourth-order valence-corrected chi connectivity index (χ4v) is 4.06. The van der Waals surface area contributed by atoms with Gasteiger partial charge in [-0.05, 0) is 37.0 Å². The molecule has 2 fully saturated rings. The zero-order chi connectivity index (χ0) is 20.9. The molecule has 1 N–H and O–H groups in total. The van der Waals surface area contributed by atoms with Crippen molar-refractivity contribution in [3.8, 4) is 5.75 Å². The van der Waals surface area contributed by atoms with E-state index in [-0.39, 0.29) is 23.8 Å². The van der Waals surface area contributed by atoms with E-state index in [1.807, 2.05) is 39.9 Å². The summed E-state index contributed by atoms with van der Waals surface area (Å²) in [6.45, 7) is 2.49. The normalized spacial score (nSPS) is 19.6. The van der Waals surface area contributed by atoms with Crippen LogP contribution < -0.4 is 10.1 Å². The number of rotatable bonds is 6. The molecule has 30 heavy (non-hydrogen) atoms. The summed E-state index contributed by atoms with van der Waals surface area (Å²) in [5.41, 5.74) is 0.982. The molecular formula is C22H28N4O4. The first-order valence-electron chi connectivity index (χ1n) is 10.5. The second kappa shape index (κ2) is 9.30. The van der Waals surface area contributed by atoms with Gasteiger partial charge >= 0.3 is 0 Å². The monoisotopic (exact) mass is 412 g/mol. The summed E-state index contributed by atoms with van der Waals surface area (Å²) in [4.78, 5) is 27.0. The minimum Gasteiger partial charge on any atom is -0.497 e. The van der Waals surface area contributed by atoms with E-state index in [1.165, 1.54) is 0 Å². The molecular weight excluding hydrogens is 384 g/mol. The average molecular weight is 412 g/mol. The number of piperidine rings is 1. The molecule has 0 saturated carbocycles. The van der Waals surface area contributed by atoms with Crippen LogP contribution in [0.4, 0.5) is 5.82 Å². The number of methoxy groups -OCH3 is 1. The number of hydrogen-bond acceptors (Lipinski definition) is 5. The van der Waals surface area contributed by atoms with Crippen molar-refractivity contribution in [2.45, 2.75) is 31.7 Å². The summed E-state index contributed by atoms with van der Waals surface area (Å²) < 4.78 is 12.4. The Labute approximate surface area is 176 Å². The van der Waals surface area contributed by atoms with Crippen molar-refractivity contribution in [3.63, 3.8) is 0 Å². The third-order valence-electron chi connectivity index (χ3n) is 5.90. The molecule has 0 spiro atoms. The SMILES string of the molecule is COc1ccc(CC(=O)N2CCC(n3nccc3NC(=O)[C@@H]3CCOC3)CC2)cc1. The van der Waals surface area contributed by atoms with Crippen LogP contribution >= 0.6 is 0 Å². The van der Waals surface area contributed by atoms with E-state index in [1.54, 1.807) is 13.3 Å². The van der Waals surface area contributed by atoms with Gasteiger partial charge in [0.05, 0.1) is 38.3 Å². The summed E-state index contributed by atoms with van der Waals surface area (Å²) in [5.74, 6) is 1.53. The van der Waals surface area contributed by atoms with E-state index in [2.05, 4.69) is 10.4 Å². The molecule has 1 atom stereocenters. The zero-order valence-corrected chi connectivity index (χ0v) is 17.3. The number of ether oxygens (including phenoxy) is 2. The molecule has 2 aliphatic rings. The maximum atomic E-state index is 12.7. The number of benzene rings is 1. The molecule has 0 bridgehead atoms. The van der Waals surface area contributed by atoms with E-state index in [9.17, 15) is 9.59 Å². The third-order valence-corrected chi connectivity index (χ3v) is 5.90. The van der Waals surface area contributed by atoms with Crippen LogP contribution in [0.1, 0.15) is 30.9 Å². The third kappa shape index (κ3) is 4.64. The Bertz CT molecular complexity index is 866. The molecule has 1 aromatic heterocycles. The first kappa shape index (κ1) is 20.4. The fourth-order valence-electron chi connectivity index (χ4n) is 4.06. The van der Waals surface area contributed by atoms with Crippen molar-refractivity contribution in [2.24, 2.45) is 5.92 Å². The van der Waals surface area contributed by atoms with E-state index < -0.39 is 0 Å². The maximum Gasteiger partial charge on any atom is 0.231 e. The Morgan fingerprint density at radius 2 is 1.93 bits per heavy atom. The lowest BCUT2D eigenvalue weighted by molar-refractivity contribution is -0.131. The molecule has 2 aliphatic heterocycles. The van der Waals surface area contributed by atoms with E-state index in [4.69, 9.17) is 9.47 Å². The number of anilines is 1. The van der Waals surface area contributed by atoms with Gasteiger partial charge in [0.25, 0.3) is 0 Å². The van der Waals surface area contributed by atoms with Crippen molar-refractivity contribution < 1.29 is 19.1 Å². The molecule has 0 aliphatic carbocycles. The lowest BCUT2D eigenvalue weighted by Crippen LogP contribution is -2.40. The fraction of sp³-hybridized carbons (Fsp3) is 0.500. The Balaban J connectivity index is 1.30. The molecule has 4 rings (SSSR count). The van der Waals surface area contributed by atoms with Gasteiger partial charge in [-0.2, -0.15) is 5.10 Å². The largest absolute Gasteiger partial charge is 0.497 e. The average Bonchev–Trinajstić information content (AvgIpc) is 3.47. The van der Waals surface area contributed by atoms with Crippen LogP contribution in [0.2, 0.25) is 0 Å². The van der Waals surface area contributed by atoms with Crippen molar-refractivity contribution in [2.75, 3.05) is 38.7 Å². The Morgan fingerprint density at radius 1 is 1.17 bits per heavy atom. The highest BCUT2D eigenvalue weighted by Gasteiger charge is 2.28. The Hall–Kier alpha value is -2.87. The van der Waals surface area contributed by atoms with Gasteiger partial charge in [0, 0.05) is 25.8 Å².